The maximum Gasteiger partial charge on any atom is 0.317 e. The van der Waals surface area contributed by atoms with Gasteiger partial charge in [0.1, 0.15) is 0 Å². The molecule has 0 aromatic carbocycles. The van der Waals surface area contributed by atoms with E-state index in [1.807, 2.05) is 9.80 Å². The lowest BCUT2D eigenvalue weighted by Gasteiger charge is -2.40. The van der Waals surface area contributed by atoms with Crippen LogP contribution in [0.25, 0.3) is 0 Å². The minimum atomic E-state index is 0.0380. The highest BCUT2D eigenvalue weighted by molar-refractivity contribution is 5.80. The summed E-state index contributed by atoms with van der Waals surface area (Å²) in [6.07, 6.45) is 5.32. The lowest BCUT2D eigenvalue weighted by molar-refractivity contribution is -0.139. The molecule has 0 aliphatic carbocycles. The Bertz CT molecular complexity index is 440. The molecule has 3 amide bonds. The van der Waals surface area contributed by atoms with E-state index in [-0.39, 0.29) is 18.0 Å². The summed E-state index contributed by atoms with van der Waals surface area (Å²) in [7, 11) is 0. The number of nitrogens with zero attached hydrogens (tertiary/aromatic N) is 3. The molecule has 0 spiro atoms. The molecule has 0 aromatic heterocycles. The molecule has 3 aliphatic heterocycles. The van der Waals surface area contributed by atoms with E-state index < -0.39 is 0 Å². The molecule has 3 aliphatic rings. The maximum atomic E-state index is 12.9. The van der Waals surface area contributed by atoms with Crippen molar-refractivity contribution in [1.82, 2.24) is 20.0 Å². The molecular formula is C17H30N4O2. The molecule has 3 fully saturated rings. The monoisotopic (exact) mass is 322 g/mol. The zero-order valence-corrected chi connectivity index (χ0v) is 14.3. The number of hydrogen-bond donors (Lipinski definition) is 1. The molecule has 6 nitrogen and oxygen atoms in total. The van der Waals surface area contributed by atoms with Gasteiger partial charge in [0, 0.05) is 32.7 Å². The number of likely N-dealkylation sites (tertiary alicyclic amines) is 2. The van der Waals surface area contributed by atoms with Crippen molar-refractivity contribution in [2.45, 2.75) is 45.1 Å². The van der Waals surface area contributed by atoms with Gasteiger partial charge < -0.3 is 20.0 Å². The summed E-state index contributed by atoms with van der Waals surface area (Å²) >= 11 is 0. The van der Waals surface area contributed by atoms with Gasteiger partial charge in [0.2, 0.25) is 5.91 Å². The third-order valence-electron chi connectivity index (χ3n) is 5.43. The number of urea groups is 1. The molecule has 3 saturated heterocycles. The van der Waals surface area contributed by atoms with E-state index in [1.54, 1.807) is 0 Å². The van der Waals surface area contributed by atoms with Gasteiger partial charge in [-0.25, -0.2) is 4.79 Å². The van der Waals surface area contributed by atoms with E-state index in [0.717, 1.165) is 77.9 Å². The third-order valence-corrected chi connectivity index (χ3v) is 5.43. The Hall–Kier alpha value is -1.30. The second-order valence-corrected chi connectivity index (χ2v) is 7.15. The first kappa shape index (κ1) is 16.6. The van der Waals surface area contributed by atoms with Gasteiger partial charge in [0.05, 0.1) is 12.0 Å². The van der Waals surface area contributed by atoms with Gasteiger partial charge in [0.25, 0.3) is 0 Å². The molecular weight excluding hydrogens is 292 g/mol. The highest BCUT2D eigenvalue weighted by Crippen LogP contribution is 2.23. The number of amides is 3. The predicted octanol–water partition coefficient (Wildman–Crippen LogP) is 1.12. The van der Waals surface area contributed by atoms with Gasteiger partial charge in [-0.05, 0) is 45.2 Å². The number of nitrogens with one attached hydrogen (secondary N) is 1. The quantitative estimate of drug-likeness (QED) is 0.844. The summed E-state index contributed by atoms with van der Waals surface area (Å²) in [5, 5.41) is 2.87. The fraction of sp³-hybridized carbons (Fsp3) is 0.882. The van der Waals surface area contributed by atoms with Gasteiger partial charge in [-0.1, -0.05) is 6.92 Å². The van der Waals surface area contributed by atoms with E-state index in [2.05, 4.69) is 17.1 Å². The van der Waals surface area contributed by atoms with Gasteiger partial charge in [-0.3, -0.25) is 4.79 Å². The van der Waals surface area contributed by atoms with Gasteiger partial charge in [-0.2, -0.15) is 0 Å². The van der Waals surface area contributed by atoms with Crippen LogP contribution < -0.4 is 5.32 Å². The van der Waals surface area contributed by atoms with Crippen LogP contribution >= 0.6 is 0 Å². The third kappa shape index (κ3) is 3.79. The molecule has 2 atom stereocenters. The molecule has 0 bridgehead atoms. The minimum absolute atomic E-state index is 0.0380. The van der Waals surface area contributed by atoms with Crippen LogP contribution in [0.1, 0.15) is 39.0 Å². The Labute approximate surface area is 139 Å². The topological polar surface area (TPSA) is 55.9 Å². The zero-order valence-electron chi connectivity index (χ0n) is 14.3. The van der Waals surface area contributed by atoms with Gasteiger partial charge in [0.15, 0.2) is 0 Å². The second kappa shape index (κ2) is 7.51. The summed E-state index contributed by atoms with van der Waals surface area (Å²) in [4.78, 5) is 31.2. The number of rotatable bonds is 4. The van der Waals surface area contributed by atoms with Gasteiger partial charge in [-0.15, -0.1) is 0 Å². The molecule has 1 N–H and O–H groups in total. The average Bonchev–Trinajstić information content (AvgIpc) is 3.01. The van der Waals surface area contributed by atoms with Crippen molar-refractivity contribution in [2.24, 2.45) is 5.92 Å². The Morgan fingerprint density at radius 3 is 2.74 bits per heavy atom. The molecule has 6 heteroatoms. The first-order valence-corrected chi connectivity index (χ1v) is 9.24. The SMILES string of the molecule is CCCN1CCCC(C(=O)N2CCCC(N3CCNC3=O)C2)C1. The number of carbonyl (C=O) groups is 2. The predicted molar refractivity (Wildman–Crippen MR) is 89.2 cm³/mol. The highest BCUT2D eigenvalue weighted by atomic mass is 16.2. The van der Waals surface area contributed by atoms with Crippen LogP contribution in [0.5, 0.6) is 0 Å². The first-order valence-electron chi connectivity index (χ1n) is 9.24. The van der Waals surface area contributed by atoms with E-state index >= 15 is 0 Å². The highest BCUT2D eigenvalue weighted by Gasteiger charge is 2.35. The molecule has 0 saturated carbocycles. The van der Waals surface area contributed by atoms with Crippen molar-refractivity contribution in [3.05, 3.63) is 0 Å². The summed E-state index contributed by atoms with van der Waals surface area (Å²) in [6.45, 7) is 8.43. The van der Waals surface area contributed by atoms with Crippen molar-refractivity contribution in [3.8, 4) is 0 Å². The van der Waals surface area contributed by atoms with Crippen LogP contribution in [0.2, 0.25) is 0 Å². The standard InChI is InChI=1S/C17H30N4O2/c1-2-8-19-9-3-5-14(12-19)16(22)20-10-4-6-15(13-20)21-11-7-18-17(21)23/h14-15H,2-13H2,1H3,(H,18,23). The fourth-order valence-corrected chi connectivity index (χ4v) is 4.28. The van der Waals surface area contributed by atoms with E-state index in [1.165, 1.54) is 0 Å². The Morgan fingerprint density at radius 2 is 2.00 bits per heavy atom. The Kier molecular flexibility index (Phi) is 5.41. The lowest BCUT2D eigenvalue weighted by Crippen LogP contribution is -2.53. The number of hydrogen-bond acceptors (Lipinski definition) is 3. The van der Waals surface area contributed by atoms with Crippen molar-refractivity contribution < 1.29 is 9.59 Å². The maximum absolute atomic E-state index is 12.9. The smallest absolute Gasteiger partial charge is 0.317 e. The second-order valence-electron chi connectivity index (χ2n) is 7.15. The summed E-state index contributed by atoms with van der Waals surface area (Å²) in [5.74, 6) is 0.469. The summed E-state index contributed by atoms with van der Waals surface area (Å²) in [5.41, 5.74) is 0. The van der Waals surface area contributed by atoms with Crippen molar-refractivity contribution in [1.29, 1.82) is 0 Å². The number of carbonyl (C=O) groups excluding carboxylic acids is 2. The minimum Gasteiger partial charge on any atom is -0.340 e. The molecule has 23 heavy (non-hydrogen) atoms. The normalized spacial score (nSPS) is 29.7. The van der Waals surface area contributed by atoms with E-state index in [9.17, 15) is 9.59 Å². The van der Waals surface area contributed by atoms with Crippen LogP contribution in [0, 0.1) is 5.92 Å². The van der Waals surface area contributed by atoms with Crippen molar-refractivity contribution in [2.75, 3.05) is 45.8 Å². The number of piperidine rings is 2. The molecule has 3 heterocycles. The summed E-state index contributed by atoms with van der Waals surface area (Å²) < 4.78 is 0. The zero-order chi connectivity index (χ0) is 16.2. The van der Waals surface area contributed by atoms with Crippen molar-refractivity contribution >= 4 is 11.9 Å². The van der Waals surface area contributed by atoms with E-state index in [4.69, 9.17) is 0 Å². The molecule has 3 rings (SSSR count). The molecule has 2 unspecified atom stereocenters. The fourth-order valence-electron chi connectivity index (χ4n) is 4.28. The van der Waals surface area contributed by atoms with Gasteiger partial charge >= 0.3 is 6.03 Å². The molecule has 0 aromatic rings. The Balaban J connectivity index is 1.57. The van der Waals surface area contributed by atoms with Crippen LogP contribution in [0.4, 0.5) is 4.79 Å². The largest absolute Gasteiger partial charge is 0.340 e. The van der Waals surface area contributed by atoms with Crippen LogP contribution in [0.15, 0.2) is 0 Å². The van der Waals surface area contributed by atoms with Crippen LogP contribution in [-0.4, -0.2) is 78.5 Å². The first-order chi connectivity index (χ1) is 11.2. The molecule has 130 valence electrons. The molecule has 0 radical (unpaired) electrons. The van der Waals surface area contributed by atoms with Crippen LogP contribution in [-0.2, 0) is 4.79 Å². The summed E-state index contributed by atoms with van der Waals surface area (Å²) in [6, 6.07) is 0.238. The van der Waals surface area contributed by atoms with E-state index in [0.29, 0.717) is 5.91 Å². The van der Waals surface area contributed by atoms with Crippen molar-refractivity contribution in [3.63, 3.8) is 0 Å². The average molecular weight is 322 g/mol. The van der Waals surface area contributed by atoms with Crippen LogP contribution in [0.3, 0.4) is 0 Å². The Morgan fingerprint density at radius 1 is 1.17 bits per heavy atom. The lowest BCUT2D eigenvalue weighted by atomic mass is 9.94.